The monoisotopic (exact) mass is 536 g/mol. The van der Waals surface area contributed by atoms with Crippen molar-refractivity contribution in [3.05, 3.63) is 81.4 Å². The summed E-state index contributed by atoms with van der Waals surface area (Å²) in [5.74, 6) is 0. The Hall–Kier alpha value is -1.34. The average Bonchev–Trinajstić information content (AvgIpc) is 3.16. The molecule has 0 heterocycles. The van der Waals surface area contributed by atoms with Crippen LogP contribution in [-0.2, 0) is 32.3 Å². The van der Waals surface area contributed by atoms with Gasteiger partial charge in [-0.15, -0.1) is 12.0 Å². The number of benzene rings is 2. The maximum Gasteiger partial charge on any atom is 0 e. The van der Waals surface area contributed by atoms with Crippen LogP contribution in [0.4, 0.5) is 0 Å². The fourth-order valence-corrected chi connectivity index (χ4v) is 4.08. The Morgan fingerprint density at radius 2 is 1.43 bits per heavy atom. The molecule has 0 nitrogen and oxygen atoms in total. The van der Waals surface area contributed by atoms with Gasteiger partial charge in [-0.1, -0.05) is 97.2 Å². The van der Waals surface area contributed by atoms with Crippen LogP contribution in [0.25, 0.3) is 16.3 Å². The molecule has 0 saturated heterocycles. The van der Waals surface area contributed by atoms with Crippen LogP contribution in [0, 0.1) is 46.1 Å². The van der Waals surface area contributed by atoms with Crippen LogP contribution in [0.1, 0.15) is 59.7 Å². The summed E-state index contributed by atoms with van der Waals surface area (Å²) in [6.45, 7) is 17.8. The van der Waals surface area contributed by atoms with Crippen molar-refractivity contribution in [1.82, 2.24) is 0 Å². The molecular weight excluding hydrogens is 503 g/mol. The van der Waals surface area contributed by atoms with Crippen molar-refractivity contribution in [2.45, 2.75) is 61.8 Å². The number of fused-ring (bicyclic) bond motifs is 3. The molecule has 28 heavy (non-hydrogen) atoms. The van der Waals surface area contributed by atoms with E-state index in [1.54, 1.807) is 0 Å². The van der Waals surface area contributed by atoms with Crippen LogP contribution in [0.2, 0.25) is 0 Å². The van der Waals surface area contributed by atoms with E-state index in [1.165, 1.54) is 55.3 Å². The molecule has 4 rings (SSSR count). The quantitative estimate of drug-likeness (QED) is 0.206. The smallest absolute Gasteiger partial charge is 0 e. The van der Waals surface area contributed by atoms with E-state index in [0.717, 1.165) is 6.42 Å². The Kier molecular flexibility index (Phi) is 7.03. The van der Waals surface area contributed by atoms with E-state index in [9.17, 15) is 0 Å². The molecule has 3 aromatic carbocycles. The van der Waals surface area contributed by atoms with E-state index in [1.807, 2.05) is 0 Å². The minimum atomic E-state index is 0. The predicted molar refractivity (Wildman–Crippen MR) is 119 cm³/mol. The summed E-state index contributed by atoms with van der Waals surface area (Å²) in [4.78, 5) is 0. The Morgan fingerprint density at radius 3 is 1.93 bits per heavy atom. The second kappa shape index (κ2) is 8.57. The summed E-state index contributed by atoms with van der Waals surface area (Å²) in [7, 11) is 0. The second-order valence-corrected chi connectivity index (χ2v) is 8.92. The number of hydrogen-bond acceptors (Lipinski definition) is 0. The molecule has 3 aromatic rings. The van der Waals surface area contributed by atoms with Gasteiger partial charge in [-0.05, 0) is 10.8 Å². The fourth-order valence-electron chi connectivity index (χ4n) is 4.08. The molecule has 0 unspecified atom stereocenters. The van der Waals surface area contributed by atoms with Gasteiger partial charge in [0.05, 0.1) is 0 Å². The molecule has 0 N–H and O–H groups in total. The van der Waals surface area contributed by atoms with Crippen molar-refractivity contribution >= 4 is 16.3 Å². The van der Waals surface area contributed by atoms with E-state index < -0.39 is 0 Å². The summed E-state index contributed by atoms with van der Waals surface area (Å²) < 4.78 is 0. The molecule has 146 valence electrons. The first-order valence-corrected chi connectivity index (χ1v) is 9.95. The Labute approximate surface area is 190 Å². The van der Waals surface area contributed by atoms with E-state index in [2.05, 4.69) is 97.9 Å². The van der Waals surface area contributed by atoms with Crippen molar-refractivity contribution in [2.75, 3.05) is 0 Å². The van der Waals surface area contributed by atoms with Crippen molar-refractivity contribution in [1.29, 1.82) is 0 Å². The largest absolute Gasteiger partial charge is 0.268 e. The van der Waals surface area contributed by atoms with Crippen LogP contribution in [0.5, 0.6) is 0 Å². The van der Waals surface area contributed by atoms with Gasteiger partial charge >= 0.3 is 0 Å². The molecule has 0 aliphatic heterocycles. The van der Waals surface area contributed by atoms with Gasteiger partial charge in [-0.25, -0.2) is 5.57 Å². The average molecular weight is 535 g/mol. The summed E-state index contributed by atoms with van der Waals surface area (Å²) in [6.07, 6.45) is 4.54. The van der Waals surface area contributed by atoms with Crippen molar-refractivity contribution in [3.8, 4) is 0 Å². The van der Waals surface area contributed by atoms with Crippen molar-refractivity contribution in [2.24, 2.45) is 5.41 Å². The summed E-state index contributed by atoms with van der Waals surface area (Å²) >= 11 is 0. The molecule has 0 aromatic heterocycles. The van der Waals surface area contributed by atoms with E-state index in [4.69, 9.17) is 0 Å². The first-order valence-electron chi connectivity index (χ1n) is 9.95. The third kappa shape index (κ3) is 4.15. The number of rotatable bonds is 0. The third-order valence-corrected chi connectivity index (χ3v) is 6.28. The van der Waals surface area contributed by atoms with Crippen molar-refractivity contribution < 1.29 is 25.8 Å². The molecule has 0 radical (unpaired) electrons. The molecular formula is C27H32Hf-2. The van der Waals surface area contributed by atoms with Gasteiger partial charge in [0, 0.05) is 25.8 Å². The SMILES string of the molecule is CC(C)(C)C1=[C-]Cc2ccc3ccccc3c21.Cc1c(C)c(C)[c-](C)c1C.[Hf]. The molecule has 0 bridgehead atoms. The number of allylic oxidation sites excluding steroid dienone is 2. The molecule has 0 spiro atoms. The van der Waals surface area contributed by atoms with Gasteiger partial charge in [0.15, 0.2) is 0 Å². The minimum Gasteiger partial charge on any atom is -0.268 e. The summed E-state index contributed by atoms with van der Waals surface area (Å²) in [6, 6.07) is 13.1. The second-order valence-electron chi connectivity index (χ2n) is 8.92. The van der Waals surface area contributed by atoms with Crippen molar-refractivity contribution in [3.63, 3.8) is 0 Å². The van der Waals surface area contributed by atoms with Gasteiger partial charge in [-0.2, -0.15) is 33.4 Å². The standard InChI is InChI=1S/C17H17.C10H15.Hf/c1-17(2,3)15-11-10-13-9-8-12-6-4-5-7-14(12)16(13)15;1-6-7(2)9(4)10(5)8(6)3;/h4-9H,10H2,1-3H3;1-5H3;/q2*-1;. The van der Waals surface area contributed by atoms with Gasteiger partial charge in [0.25, 0.3) is 0 Å². The van der Waals surface area contributed by atoms with Gasteiger partial charge in [0.2, 0.25) is 0 Å². The first kappa shape index (κ1) is 22.9. The molecule has 0 saturated carbocycles. The summed E-state index contributed by atoms with van der Waals surface area (Å²) in [5, 5.41) is 2.71. The van der Waals surface area contributed by atoms with E-state index >= 15 is 0 Å². The van der Waals surface area contributed by atoms with Crippen LogP contribution in [0.3, 0.4) is 0 Å². The predicted octanol–water partition coefficient (Wildman–Crippen LogP) is 7.57. The molecule has 0 atom stereocenters. The Morgan fingerprint density at radius 1 is 0.857 bits per heavy atom. The summed E-state index contributed by atoms with van der Waals surface area (Å²) in [5.41, 5.74) is 11.7. The van der Waals surface area contributed by atoms with E-state index in [0.29, 0.717) is 0 Å². The van der Waals surface area contributed by atoms with Crippen LogP contribution in [0.15, 0.2) is 36.4 Å². The third-order valence-electron chi connectivity index (χ3n) is 6.28. The Balaban J connectivity index is 0.000000221. The molecule has 0 fully saturated rings. The zero-order chi connectivity index (χ0) is 19.9. The minimum absolute atomic E-state index is 0. The zero-order valence-electron chi connectivity index (χ0n) is 18.7. The fraction of sp³-hybridized carbons (Fsp3) is 0.370. The van der Waals surface area contributed by atoms with Gasteiger partial charge in [-0.3, -0.25) is 6.08 Å². The van der Waals surface area contributed by atoms with Gasteiger partial charge < -0.3 is 0 Å². The van der Waals surface area contributed by atoms with Gasteiger partial charge in [0.1, 0.15) is 0 Å². The Bertz CT molecular complexity index is 942. The van der Waals surface area contributed by atoms with E-state index in [-0.39, 0.29) is 31.3 Å². The molecule has 1 aliphatic carbocycles. The topological polar surface area (TPSA) is 0 Å². The maximum atomic E-state index is 3.57. The van der Waals surface area contributed by atoms with Crippen LogP contribution in [-0.4, -0.2) is 0 Å². The van der Waals surface area contributed by atoms with Crippen LogP contribution >= 0.6 is 0 Å². The first-order chi connectivity index (χ1) is 12.6. The zero-order valence-corrected chi connectivity index (χ0v) is 22.3. The normalized spacial score (nSPS) is 12.8. The molecule has 1 aliphatic rings. The molecule has 1 heteroatoms. The maximum absolute atomic E-state index is 3.57. The van der Waals surface area contributed by atoms with Crippen LogP contribution < -0.4 is 0 Å². The molecule has 0 amide bonds. The number of hydrogen-bond donors (Lipinski definition) is 0.